The molecule has 0 aromatic carbocycles. The van der Waals surface area contributed by atoms with E-state index in [1.165, 1.54) is 11.0 Å². The van der Waals surface area contributed by atoms with Crippen molar-refractivity contribution in [2.75, 3.05) is 13.1 Å². The Bertz CT molecular complexity index is 655. The Morgan fingerprint density at radius 3 is 2.71 bits per heavy atom. The highest BCUT2D eigenvalue weighted by Gasteiger charge is 2.69. The summed E-state index contributed by atoms with van der Waals surface area (Å²) in [6, 6.07) is -0.636. The lowest BCUT2D eigenvalue weighted by molar-refractivity contribution is -0.394. The van der Waals surface area contributed by atoms with Crippen molar-refractivity contribution in [2.24, 2.45) is 5.92 Å². The van der Waals surface area contributed by atoms with E-state index in [9.17, 15) is 19.7 Å². The first-order chi connectivity index (χ1) is 10.0. The van der Waals surface area contributed by atoms with Gasteiger partial charge in [0.25, 0.3) is 0 Å². The third-order valence-corrected chi connectivity index (χ3v) is 4.08. The van der Waals surface area contributed by atoms with Crippen molar-refractivity contribution in [3.63, 3.8) is 0 Å². The minimum Gasteiger partial charge on any atom is -0.398 e. The molecule has 1 spiro atoms. The predicted octanol–water partition coefficient (Wildman–Crippen LogP) is -1.18. The van der Waals surface area contributed by atoms with Gasteiger partial charge in [0.2, 0.25) is 6.33 Å². The monoisotopic (exact) mass is 295 g/mol. The van der Waals surface area contributed by atoms with E-state index in [0.717, 1.165) is 6.42 Å². The van der Waals surface area contributed by atoms with Crippen LogP contribution in [-0.4, -0.2) is 55.5 Å². The van der Waals surface area contributed by atoms with E-state index in [0.29, 0.717) is 13.1 Å². The first-order valence-corrected chi connectivity index (χ1v) is 6.28. The van der Waals surface area contributed by atoms with Crippen molar-refractivity contribution in [2.45, 2.75) is 18.4 Å². The molecule has 11 nitrogen and oxygen atoms in total. The fraction of sp³-hybridized carbons (Fsp3) is 0.600. The molecule has 11 heteroatoms. The Labute approximate surface area is 116 Å². The lowest BCUT2D eigenvalue weighted by atomic mass is 9.97. The number of fused-ring (bicyclic) bond motifs is 3. The second-order valence-corrected chi connectivity index (χ2v) is 5.13. The topological polar surface area (TPSA) is 130 Å². The standard InChI is InChI=1S/C10H9N5O6/c16-7-8(17)21-10(20-7)6(5-1-2-13(10)3-5)14-4-11-9(12-14)15(18)19/h4-6H,1-3H2. The van der Waals surface area contributed by atoms with Crippen LogP contribution in [0.25, 0.3) is 0 Å². The minimum absolute atomic E-state index is 0.00463. The zero-order valence-corrected chi connectivity index (χ0v) is 10.5. The molecule has 3 unspecified atom stereocenters. The molecule has 0 saturated carbocycles. The lowest BCUT2D eigenvalue weighted by Gasteiger charge is -2.36. The van der Waals surface area contributed by atoms with Gasteiger partial charge in [-0.2, -0.15) is 4.68 Å². The fourth-order valence-corrected chi connectivity index (χ4v) is 3.30. The van der Waals surface area contributed by atoms with Gasteiger partial charge in [0.15, 0.2) is 6.04 Å². The number of hydrogen-bond acceptors (Lipinski definition) is 9. The number of carbonyl (C=O) groups excluding carboxylic acids is 2. The number of ether oxygens (including phenoxy) is 2. The molecule has 1 aromatic rings. The molecule has 110 valence electrons. The van der Waals surface area contributed by atoms with E-state index in [2.05, 4.69) is 10.1 Å². The van der Waals surface area contributed by atoms with Gasteiger partial charge in [0.1, 0.15) is 0 Å². The van der Waals surface area contributed by atoms with E-state index in [1.807, 2.05) is 0 Å². The molecule has 0 amide bonds. The van der Waals surface area contributed by atoms with Crippen LogP contribution in [0, 0.1) is 16.0 Å². The van der Waals surface area contributed by atoms with Crippen molar-refractivity contribution >= 4 is 17.9 Å². The molecule has 3 aliphatic heterocycles. The summed E-state index contributed by atoms with van der Waals surface area (Å²) >= 11 is 0. The average Bonchev–Trinajstić information content (AvgIpc) is 3.15. The maximum absolute atomic E-state index is 11.4. The molecule has 3 fully saturated rings. The Hall–Kier alpha value is -2.56. The Kier molecular flexibility index (Phi) is 2.18. The largest absolute Gasteiger partial charge is 0.490 e. The zero-order chi connectivity index (χ0) is 14.8. The smallest absolute Gasteiger partial charge is 0.398 e. The second-order valence-electron chi connectivity index (χ2n) is 5.13. The molecular weight excluding hydrogens is 286 g/mol. The van der Waals surface area contributed by atoms with E-state index in [1.54, 1.807) is 4.90 Å². The molecule has 1 aromatic heterocycles. The molecule has 3 atom stereocenters. The summed E-state index contributed by atoms with van der Waals surface area (Å²) in [5.41, 5.74) is 0. The first kappa shape index (κ1) is 12.2. The van der Waals surface area contributed by atoms with E-state index < -0.39 is 34.8 Å². The van der Waals surface area contributed by atoms with Gasteiger partial charge >= 0.3 is 23.8 Å². The summed E-state index contributed by atoms with van der Waals surface area (Å²) < 4.78 is 11.5. The molecule has 21 heavy (non-hydrogen) atoms. The molecule has 0 aliphatic carbocycles. The third-order valence-electron chi connectivity index (χ3n) is 4.08. The predicted molar refractivity (Wildman–Crippen MR) is 60.3 cm³/mol. The molecule has 3 aliphatic rings. The molecule has 2 bridgehead atoms. The molecule has 0 N–H and O–H groups in total. The maximum atomic E-state index is 11.4. The zero-order valence-electron chi connectivity index (χ0n) is 10.5. The van der Waals surface area contributed by atoms with Gasteiger partial charge in [0, 0.05) is 24.1 Å². The highest BCUT2D eigenvalue weighted by molar-refractivity contribution is 6.31. The van der Waals surface area contributed by atoms with Gasteiger partial charge in [-0.1, -0.05) is 4.98 Å². The summed E-state index contributed by atoms with van der Waals surface area (Å²) in [7, 11) is 0. The van der Waals surface area contributed by atoms with E-state index in [-0.39, 0.29) is 5.92 Å². The van der Waals surface area contributed by atoms with Crippen LogP contribution in [0.1, 0.15) is 12.5 Å². The number of nitro groups is 1. The van der Waals surface area contributed by atoms with Gasteiger partial charge in [-0.3, -0.25) is 0 Å². The number of nitrogens with zero attached hydrogens (tertiary/aromatic N) is 5. The SMILES string of the molecule is O=C1OC2(OC1=O)C(n1cnc([N+](=O)[O-])n1)C1CCN2C1. The van der Waals surface area contributed by atoms with Gasteiger partial charge in [-0.25, -0.2) is 14.5 Å². The van der Waals surface area contributed by atoms with Gasteiger partial charge in [-0.05, 0) is 11.3 Å². The Morgan fingerprint density at radius 2 is 2.10 bits per heavy atom. The number of aromatic nitrogens is 3. The van der Waals surface area contributed by atoms with Crippen LogP contribution in [0.4, 0.5) is 5.95 Å². The summed E-state index contributed by atoms with van der Waals surface area (Å²) in [6.45, 7) is 1.16. The van der Waals surface area contributed by atoms with Crippen LogP contribution >= 0.6 is 0 Å². The molecule has 3 saturated heterocycles. The van der Waals surface area contributed by atoms with Crippen LogP contribution in [0.15, 0.2) is 6.33 Å². The minimum atomic E-state index is -1.56. The van der Waals surface area contributed by atoms with Crippen LogP contribution in [0.3, 0.4) is 0 Å². The average molecular weight is 295 g/mol. The van der Waals surface area contributed by atoms with Crippen LogP contribution < -0.4 is 0 Å². The number of rotatable bonds is 2. The Balaban J connectivity index is 1.77. The molecule has 4 heterocycles. The van der Waals surface area contributed by atoms with Crippen molar-refractivity contribution in [3.8, 4) is 0 Å². The first-order valence-electron chi connectivity index (χ1n) is 6.28. The van der Waals surface area contributed by atoms with Crippen LogP contribution in [-0.2, 0) is 19.1 Å². The van der Waals surface area contributed by atoms with Gasteiger partial charge < -0.3 is 19.6 Å². The summed E-state index contributed by atoms with van der Waals surface area (Å²) in [6.07, 6.45) is 1.97. The number of carbonyl (C=O) groups is 2. The summed E-state index contributed by atoms with van der Waals surface area (Å²) in [5, 5.41) is 14.5. The summed E-state index contributed by atoms with van der Waals surface area (Å²) in [5.74, 6) is -4.24. The van der Waals surface area contributed by atoms with Crippen LogP contribution in [0.5, 0.6) is 0 Å². The fourth-order valence-electron chi connectivity index (χ4n) is 3.30. The molecular formula is C10H9N5O6. The quantitative estimate of drug-likeness (QED) is 0.286. The molecule has 4 rings (SSSR count). The number of esters is 2. The van der Waals surface area contributed by atoms with Crippen molar-refractivity contribution < 1.29 is 24.0 Å². The highest BCUT2D eigenvalue weighted by Crippen LogP contribution is 2.51. The van der Waals surface area contributed by atoms with Gasteiger partial charge in [0.05, 0.1) is 0 Å². The van der Waals surface area contributed by atoms with E-state index in [4.69, 9.17) is 9.47 Å². The van der Waals surface area contributed by atoms with Crippen molar-refractivity contribution in [3.05, 3.63) is 16.4 Å². The lowest BCUT2D eigenvalue weighted by Crippen LogP contribution is -2.52. The normalized spacial score (nSPS) is 32.5. The summed E-state index contributed by atoms with van der Waals surface area (Å²) in [4.78, 5) is 38.1. The number of piperidine rings is 1. The maximum Gasteiger partial charge on any atom is 0.490 e. The second kappa shape index (κ2) is 3.75. The van der Waals surface area contributed by atoms with Gasteiger partial charge in [-0.15, -0.1) is 0 Å². The highest BCUT2D eigenvalue weighted by atomic mass is 16.8. The van der Waals surface area contributed by atoms with Crippen molar-refractivity contribution in [1.82, 2.24) is 19.7 Å². The Morgan fingerprint density at radius 1 is 1.38 bits per heavy atom. The van der Waals surface area contributed by atoms with Crippen LogP contribution in [0.2, 0.25) is 0 Å². The van der Waals surface area contributed by atoms with Crippen molar-refractivity contribution in [1.29, 1.82) is 0 Å². The third kappa shape index (κ3) is 1.46. The van der Waals surface area contributed by atoms with E-state index >= 15 is 0 Å². The number of hydrogen-bond donors (Lipinski definition) is 0. The molecule has 0 radical (unpaired) electrons.